The molecule has 2 aromatic rings. The number of rotatable bonds is 14. The molecular formula is C28H42N6O5. The fraction of sp³-hybridized carbons (Fsp3) is 0.500. The molecule has 1 heterocycles. The molecular weight excluding hydrogens is 500 g/mol. The van der Waals surface area contributed by atoms with Crippen LogP contribution in [0.2, 0.25) is 0 Å². The molecule has 0 fully saturated rings. The largest absolute Gasteiger partial charge is 0.443 e. The van der Waals surface area contributed by atoms with Gasteiger partial charge in [0, 0.05) is 25.3 Å². The van der Waals surface area contributed by atoms with Crippen molar-refractivity contribution >= 4 is 17.9 Å². The number of nitrogens with one attached hydrogen (secondary N) is 3. The van der Waals surface area contributed by atoms with Gasteiger partial charge in [-0.25, -0.2) is 9.80 Å². The Balaban J connectivity index is 2.19. The van der Waals surface area contributed by atoms with Gasteiger partial charge in [-0.3, -0.25) is 25.3 Å². The number of primary amides is 1. The van der Waals surface area contributed by atoms with Crippen LogP contribution in [0.5, 0.6) is 0 Å². The second-order valence-corrected chi connectivity index (χ2v) is 10.7. The Bertz CT molecular complexity index is 1050. The summed E-state index contributed by atoms with van der Waals surface area (Å²) >= 11 is 0. The van der Waals surface area contributed by atoms with Crippen LogP contribution in [-0.4, -0.2) is 69.4 Å². The van der Waals surface area contributed by atoms with E-state index in [1.54, 1.807) is 44.1 Å². The molecule has 0 unspecified atom stereocenters. The van der Waals surface area contributed by atoms with E-state index in [0.717, 1.165) is 5.56 Å². The van der Waals surface area contributed by atoms with Crippen molar-refractivity contribution in [1.29, 1.82) is 0 Å². The summed E-state index contributed by atoms with van der Waals surface area (Å²) in [5.41, 5.74) is 9.01. The van der Waals surface area contributed by atoms with Crippen LogP contribution in [-0.2, 0) is 27.3 Å². The summed E-state index contributed by atoms with van der Waals surface area (Å²) in [6.07, 6.45) is -0.0114. The first-order chi connectivity index (χ1) is 18.3. The number of nitrogens with two attached hydrogens (primary N) is 1. The molecule has 3 amide bonds. The molecule has 1 aromatic carbocycles. The monoisotopic (exact) mass is 542 g/mol. The van der Waals surface area contributed by atoms with Crippen molar-refractivity contribution in [3.05, 3.63) is 66.0 Å². The summed E-state index contributed by atoms with van der Waals surface area (Å²) in [4.78, 5) is 41.7. The fourth-order valence-electron chi connectivity index (χ4n) is 3.76. The number of amides is 3. The highest BCUT2D eigenvalue weighted by Gasteiger charge is 2.30. The number of aromatic nitrogens is 1. The van der Waals surface area contributed by atoms with Crippen LogP contribution < -0.4 is 21.8 Å². The zero-order chi connectivity index (χ0) is 29.0. The van der Waals surface area contributed by atoms with Crippen LogP contribution in [0.25, 0.3) is 0 Å². The summed E-state index contributed by atoms with van der Waals surface area (Å²) in [7, 11) is 0. The SMILES string of the molecule is CC(C)N(C[C@H](O)[C@H](Cc1ccccc1)NC(=O)[C@H](CC(N)=O)NCc1ccccn1)NC(=O)OC(C)(C)C. The average molecular weight is 543 g/mol. The molecule has 0 bridgehead atoms. The molecule has 0 saturated heterocycles. The maximum atomic E-state index is 13.3. The molecule has 0 aliphatic rings. The molecule has 39 heavy (non-hydrogen) atoms. The number of hydrazine groups is 1. The minimum absolute atomic E-state index is 0.0105. The van der Waals surface area contributed by atoms with Crippen molar-refractivity contribution in [1.82, 2.24) is 26.1 Å². The zero-order valence-electron chi connectivity index (χ0n) is 23.4. The molecule has 11 nitrogen and oxygen atoms in total. The van der Waals surface area contributed by atoms with Crippen molar-refractivity contribution in [2.45, 2.75) is 83.8 Å². The maximum absolute atomic E-state index is 13.3. The molecule has 11 heteroatoms. The molecule has 6 N–H and O–H groups in total. The smallest absolute Gasteiger partial charge is 0.422 e. The minimum atomic E-state index is -1.09. The van der Waals surface area contributed by atoms with Gasteiger partial charge in [0.05, 0.1) is 30.3 Å². The quantitative estimate of drug-likeness (QED) is 0.225. The van der Waals surface area contributed by atoms with Crippen molar-refractivity contribution < 1.29 is 24.2 Å². The number of hydrogen-bond acceptors (Lipinski definition) is 8. The third-order valence-electron chi connectivity index (χ3n) is 5.71. The second-order valence-electron chi connectivity index (χ2n) is 10.7. The van der Waals surface area contributed by atoms with Crippen LogP contribution in [0.3, 0.4) is 0 Å². The number of aliphatic hydroxyl groups excluding tert-OH is 1. The lowest BCUT2D eigenvalue weighted by atomic mass is 10.00. The average Bonchev–Trinajstić information content (AvgIpc) is 2.85. The molecule has 1 aromatic heterocycles. The van der Waals surface area contributed by atoms with E-state index < -0.39 is 41.7 Å². The molecule has 0 spiro atoms. The van der Waals surface area contributed by atoms with E-state index in [4.69, 9.17) is 10.5 Å². The second kappa shape index (κ2) is 15.2. The third kappa shape index (κ3) is 12.2. The molecule has 0 aliphatic carbocycles. The summed E-state index contributed by atoms with van der Waals surface area (Å²) in [6, 6.07) is 13.0. The summed E-state index contributed by atoms with van der Waals surface area (Å²) < 4.78 is 5.35. The Hall–Kier alpha value is -3.54. The predicted octanol–water partition coefficient (Wildman–Crippen LogP) is 1.65. The number of carbonyl (C=O) groups excluding carboxylic acids is 3. The van der Waals surface area contributed by atoms with E-state index in [0.29, 0.717) is 12.1 Å². The Morgan fingerprint density at radius 1 is 1.08 bits per heavy atom. The van der Waals surface area contributed by atoms with E-state index in [2.05, 4.69) is 21.0 Å². The molecule has 0 radical (unpaired) electrons. The Kier molecular flexibility index (Phi) is 12.3. The highest BCUT2D eigenvalue weighted by atomic mass is 16.6. The standard InChI is InChI=1S/C28H42N6O5/c1-19(2)34(33-27(38)39-28(3,4)5)18-24(35)22(15-20-11-7-6-8-12-20)32-26(37)23(16-25(29)36)31-17-21-13-9-10-14-30-21/h6-14,19,22-24,31,35H,15-18H2,1-5H3,(H2,29,36)(H,32,37)(H,33,38)/t22-,23-,24-/m0/s1. The van der Waals surface area contributed by atoms with E-state index in [-0.39, 0.29) is 25.6 Å². The van der Waals surface area contributed by atoms with Gasteiger partial charge in [-0.15, -0.1) is 0 Å². The molecule has 3 atom stereocenters. The van der Waals surface area contributed by atoms with Gasteiger partial charge >= 0.3 is 6.09 Å². The lowest BCUT2D eigenvalue weighted by molar-refractivity contribution is -0.128. The van der Waals surface area contributed by atoms with Crippen molar-refractivity contribution in [2.75, 3.05) is 6.54 Å². The van der Waals surface area contributed by atoms with Gasteiger partial charge in [-0.1, -0.05) is 36.4 Å². The third-order valence-corrected chi connectivity index (χ3v) is 5.71. The Morgan fingerprint density at radius 3 is 2.31 bits per heavy atom. The predicted molar refractivity (Wildman–Crippen MR) is 148 cm³/mol. The minimum Gasteiger partial charge on any atom is -0.443 e. The number of hydrogen-bond donors (Lipinski definition) is 5. The maximum Gasteiger partial charge on any atom is 0.422 e. The van der Waals surface area contributed by atoms with Crippen molar-refractivity contribution in [2.24, 2.45) is 5.73 Å². The number of ether oxygens (including phenoxy) is 1. The lowest BCUT2D eigenvalue weighted by Crippen LogP contribution is -2.57. The van der Waals surface area contributed by atoms with Crippen LogP contribution in [0, 0.1) is 0 Å². The first-order valence-electron chi connectivity index (χ1n) is 13.0. The van der Waals surface area contributed by atoms with Crippen LogP contribution in [0.4, 0.5) is 4.79 Å². The van der Waals surface area contributed by atoms with Gasteiger partial charge < -0.3 is 20.9 Å². The van der Waals surface area contributed by atoms with Crippen LogP contribution in [0.15, 0.2) is 54.7 Å². The van der Waals surface area contributed by atoms with Crippen LogP contribution in [0.1, 0.15) is 52.3 Å². The topological polar surface area (TPSA) is 159 Å². The summed E-state index contributed by atoms with van der Waals surface area (Å²) in [6.45, 7) is 9.26. The van der Waals surface area contributed by atoms with E-state index in [1.165, 1.54) is 0 Å². The molecule has 2 rings (SSSR count). The number of pyridine rings is 1. The lowest BCUT2D eigenvalue weighted by Gasteiger charge is -2.33. The molecule has 0 saturated carbocycles. The van der Waals surface area contributed by atoms with Crippen LogP contribution >= 0.6 is 0 Å². The number of aliphatic hydroxyl groups is 1. The van der Waals surface area contributed by atoms with E-state index in [1.807, 2.05) is 50.2 Å². The molecule has 214 valence electrons. The Labute approximate surface area is 230 Å². The normalized spacial score (nSPS) is 13.9. The van der Waals surface area contributed by atoms with E-state index in [9.17, 15) is 19.5 Å². The number of carbonyl (C=O) groups is 3. The van der Waals surface area contributed by atoms with Crippen molar-refractivity contribution in [3.63, 3.8) is 0 Å². The summed E-state index contributed by atoms with van der Waals surface area (Å²) in [5.74, 6) is -1.13. The summed E-state index contributed by atoms with van der Waals surface area (Å²) in [5, 5.41) is 18.8. The first-order valence-corrected chi connectivity index (χ1v) is 13.0. The van der Waals surface area contributed by atoms with Gasteiger partial charge in [-0.05, 0) is 58.7 Å². The zero-order valence-corrected chi connectivity index (χ0v) is 23.4. The van der Waals surface area contributed by atoms with E-state index >= 15 is 0 Å². The van der Waals surface area contributed by atoms with Gasteiger partial charge in [0.2, 0.25) is 11.8 Å². The Morgan fingerprint density at radius 2 is 1.74 bits per heavy atom. The number of benzene rings is 1. The first kappa shape index (κ1) is 31.7. The van der Waals surface area contributed by atoms with Gasteiger partial charge in [0.1, 0.15) is 5.60 Å². The van der Waals surface area contributed by atoms with Gasteiger partial charge in [0.15, 0.2) is 0 Å². The highest BCUT2D eigenvalue weighted by Crippen LogP contribution is 2.11. The van der Waals surface area contributed by atoms with Crippen molar-refractivity contribution in [3.8, 4) is 0 Å². The highest BCUT2D eigenvalue weighted by molar-refractivity contribution is 5.88. The number of nitrogens with zero attached hydrogens (tertiary/aromatic N) is 2. The van der Waals surface area contributed by atoms with Gasteiger partial charge in [0.25, 0.3) is 0 Å². The van der Waals surface area contributed by atoms with Gasteiger partial charge in [-0.2, -0.15) is 0 Å². The fourth-order valence-corrected chi connectivity index (χ4v) is 3.76. The molecule has 0 aliphatic heterocycles.